The minimum Gasteiger partial charge on any atom is -0.490 e. The van der Waals surface area contributed by atoms with Gasteiger partial charge in [-0.15, -0.1) is 0 Å². The lowest BCUT2D eigenvalue weighted by Crippen LogP contribution is -2.17. The Morgan fingerprint density at radius 3 is 2.52 bits per heavy atom. The number of hydrogen-bond donors (Lipinski definition) is 0. The van der Waals surface area contributed by atoms with Crippen LogP contribution in [-0.4, -0.2) is 18.7 Å². The van der Waals surface area contributed by atoms with Crippen LogP contribution in [-0.2, 0) is 16.0 Å². The van der Waals surface area contributed by atoms with E-state index in [1.165, 1.54) is 42.0 Å². The second-order valence-electron chi connectivity index (χ2n) is 8.69. The van der Waals surface area contributed by atoms with Crippen molar-refractivity contribution < 1.29 is 14.3 Å². The van der Waals surface area contributed by atoms with Gasteiger partial charge in [0.1, 0.15) is 5.75 Å². The molecule has 3 heteroatoms. The molecule has 3 nitrogen and oxygen atoms in total. The molecule has 0 aromatic heterocycles. The van der Waals surface area contributed by atoms with Crippen molar-refractivity contribution in [1.82, 2.24) is 0 Å². The molecule has 31 heavy (non-hydrogen) atoms. The molecule has 1 unspecified atom stereocenters. The Hall–Kier alpha value is -2.29. The highest BCUT2D eigenvalue weighted by molar-refractivity contribution is 5.84. The Kier molecular flexibility index (Phi) is 9.45. The maximum Gasteiger partial charge on any atom is 0.308 e. The molecule has 0 bridgehead atoms. The van der Waals surface area contributed by atoms with Gasteiger partial charge in [0.25, 0.3) is 0 Å². The SMILES string of the molecule is CCCC(CC/C=C/CCc1ccc2cc(OC3CCCC3)ccc2c1)C(=O)OCC. The number of rotatable bonds is 12. The van der Waals surface area contributed by atoms with E-state index in [9.17, 15) is 4.79 Å². The van der Waals surface area contributed by atoms with E-state index in [1.54, 1.807) is 0 Å². The number of ether oxygens (including phenoxy) is 2. The summed E-state index contributed by atoms with van der Waals surface area (Å²) in [6.07, 6.45) is 15.6. The summed E-state index contributed by atoms with van der Waals surface area (Å²) in [7, 11) is 0. The monoisotopic (exact) mass is 422 g/mol. The van der Waals surface area contributed by atoms with Gasteiger partial charge in [-0.05, 0) is 93.2 Å². The summed E-state index contributed by atoms with van der Waals surface area (Å²) < 4.78 is 11.3. The minimum absolute atomic E-state index is 0.0364. The Labute approximate surface area is 187 Å². The van der Waals surface area contributed by atoms with Gasteiger partial charge in [-0.25, -0.2) is 0 Å². The minimum atomic E-state index is -0.0364. The summed E-state index contributed by atoms with van der Waals surface area (Å²) in [6.45, 7) is 4.46. The number of esters is 1. The van der Waals surface area contributed by atoms with Crippen molar-refractivity contribution >= 4 is 16.7 Å². The van der Waals surface area contributed by atoms with Crippen LogP contribution in [0.5, 0.6) is 5.75 Å². The zero-order valence-electron chi connectivity index (χ0n) is 19.3. The molecular formula is C28H38O3. The maximum absolute atomic E-state index is 12.0. The third kappa shape index (κ3) is 7.41. The number of allylic oxidation sites excluding steroid dienone is 2. The molecule has 0 radical (unpaired) electrons. The van der Waals surface area contributed by atoms with E-state index in [0.29, 0.717) is 12.7 Å². The fourth-order valence-corrected chi connectivity index (χ4v) is 4.47. The quantitative estimate of drug-likeness (QED) is 0.264. The molecule has 1 fully saturated rings. The van der Waals surface area contributed by atoms with E-state index in [2.05, 4.69) is 55.5 Å². The highest BCUT2D eigenvalue weighted by Crippen LogP contribution is 2.27. The molecule has 0 N–H and O–H groups in total. The second-order valence-corrected chi connectivity index (χ2v) is 8.69. The fourth-order valence-electron chi connectivity index (χ4n) is 4.47. The number of carbonyl (C=O) groups excluding carboxylic acids is 1. The summed E-state index contributed by atoms with van der Waals surface area (Å²) in [6, 6.07) is 13.2. The lowest BCUT2D eigenvalue weighted by atomic mass is 9.97. The van der Waals surface area contributed by atoms with Crippen LogP contribution in [0.2, 0.25) is 0 Å². The van der Waals surface area contributed by atoms with E-state index < -0.39 is 0 Å². The van der Waals surface area contributed by atoms with E-state index in [4.69, 9.17) is 9.47 Å². The average molecular weight is 423 g/mol. The predicted octanol–water partition coefficient (Wildman–Crippen LogP) is 7.41. The van der Waals surface area contributed by atoms with E-state index in [0.717, 1.165) is 44.3 Å². The van der Waals surface area contributed by atoms with Crippen LogP contribution in [0.1, 0.15) is 77.2 Å². The maximum atomic E-state index is 12.0. The van der Waals surface area contributed by atoms with Gasteiger partial charge >= 0.3 is 5.97 Å². The first-order valence-electron chi connectivity index (χ1n) is 12.2. The molecule has 0 aliphatic heterocycles. The first kappa shape index (κ1) is 23.4. The van der Waals surface area contributed by atoms with Crippen LogP contribution in [0, 0.1) is 5.92 Å². The Morgan fingerprint density at radius 1 is 1.00 bits per heavy atom. The van der Waals surface area contributed by atoms with Crippen molar-refractivity contribution in [2.24, 2.45) is 5.92 Å². The normalized spacial score (nSPS) is 15.5. The summed E-state index contributed by atoms with van der Waals surface area (Å²) in [5, 5.41) is 2.52. The third-order valence-corrected chi connectivity index (χ3v) is 6.19. The molecule has 1 aliphatic rings. The lowest BCUT2D eigenvalue weighted by Gasteiger charge is -2.13. The lowest BCUT2D eigenvalue weighted by molar-refractivity contribution is -0.148. The van der Waals surface area contributed by atoms with Crippen molar-refractivity contribution in [1.29, 1.82) is 0 Å². The molecule has 0 spiro atoms. The zero-order valence-corrected chi connectivity index (χ0v) is 19.3. The number of carbonyl (C=O) groups is 1. The van der Waals surface area contributed by atoms with Crippen molar-refractivity contribution in [3.63, 3.8) is 0 Å². The van der Waals surface area contributed by atoms with Crippen molar-refractivity contribution in [3.8, 4) is 5.75 Å². The molecule has 0 amide bonds. The van der Waals surface area contributed by atoms with Gasteiger partial charge in [-0.3, -0.25) is 4.79 Å². The summed E-state index contributed by atoms with van der Waals surface area (Å²) >= 11 is 0. The van der Waals surface area contributed by atoms with Gasteiger partial charge in [0.15, 0.2) is 0 Å². The number of fused-ring (bicyclic) bond motifs is 1. The van der Waals surface area contributed by atoms with Crippen LogP contribution in [0.3, 0.4) is 0 Å². The predicted molar refractivity (Wildman–Crippen MR) is 129 cm³/mol. The van der Waals surface area contributed by atoms with Crippen molar-refractivity contribution in [2.75, 3.05) is 6.61 Å². The average Bonchev–Trinajstić information content (AvgIpc) is 3.28. The molecule has 1 saturated carbocycles. The molecule has 168 valence electrons. The van der Waals surface area contributed by atoms with Gasteiger partial charge < -0.3 is 9.47 Å². The number of benzene rings is 2. The van der Waals surface area contributed by atoms with Crippen LogP contribution in [0.4, 0.5) is 0 Å². The Morgan fingerprint density at radius 2 is 1.74 bits per heavy atom. The standard InChI is InChI=1S/C28H38O3/c1-3-11-23(28(29)30-4-2)13-8-6-5-7-12-22-16-17-25-21-27(19-18-24(25)20-22)31-26-14-9-10-15-26/h5-6,16-21,23,26H,3-4,7-15H2,1-2H3/b6-5+. The first-order valence-corrected chi connectivity index (χ1v) is 12.2. The number of hydrogen-bond acceptors (Lipinski definition) is 3. The van der Waals surface area contributed by atoms with Crippen LogP contribution in [0.15, 0.2) is 48.6 Å². The largest absolute Gasteiger partial charge is 0.490 e. The van der Waals surface area contributed by atoms with E-state index in [1.807, 2.05) is 6.92 Å². The van der Waals surface area contributed by atoms with Crippen LogP contribution in [0.25, 0.3) is 10.8 Å². The van der Waals surface area contributed by atoms with Gasteiger partial charge in [-0.1, -0.05) is 49.8 Å². The summed E-state index contributed by atoms with van der Waals surface area (Å²) in [4.78, 5) is 12.0. The highest BCUT2D eigenvalue weighted by Gasteiger charge is 2.18. The second kappa shape index (κ2) is 12.5. The smallest absolute Gasteiger partial charge is 0.308 e. The van der Waals surface area contributed by atoms with E-state index in [-0.39, 0.29) is 11.9 Å². The molecule has 0 heterocycles. The third-order valence-electron chi connectivity index (χ3n) is 6.19. The van der Waals surface area contributed by atoms with Gasteiger partial charge in [0.05, 0.1) is 18.6 Å². The first-order chi connectivity index (χ1) is 15.2. The molecule has 0 saturated heterocycles. The van der Waals surface area contributed by atoms with Crippen LogP contribution < -0.4 is 4.74 Å². The summed E-state index contributed by atoms with van der Waals surface area (Å²) in [5.41, 5.74) is 1.36. The highest BCUT2D eigenvalue weighted by atomic mass is 16.5. The van der Waals surface area contributed by atoms with Crippen molar-refractivity contribution in [2.45, 2.75) is 84.2 Å². The fraction of sp³-hybridized carbons (Fsp3) is 0.536. The molecule has 2 aromatic carbocycles. The van der Waals surface area contributed by atoms with Crippen LogP contribution >= 0.6 is 0 Å². The van der Waals surface area contributed by atoms with E-state index >= 15 is 0 Å². The summed E-state index contributed by atoms with van der Waals surface area (Å²) in [5.74, 6) is 1.00. The number of aryl methyl sites for hydroxylation is 1. The zero-order chi connectivity index (χ0) is 21.9. The topological polar surface area (TPSA) is 35.5 Å². The van der Waals surface area contributed by atoms with Gasteiger partial charge in [0.2, 0.25) is 0 Å². The Balaban J connectivity index is 1.45. The molecular weight excluding hydrogens is 384 g/mol. The molecule has 3 rings (SSSR count). The van der Waals surface area contributed by atoms with Crippen molar-refractivity contribution in [3.05, 3.63) is 54.1 Å². The molecule has 2 aromatic rings. The van der Waals surface area contributed by atoms with Gasteiger partial charge in [0, 0.05) is 0 Å². The molecule has 1 aliphatic carbocycles. The molecule has 1 atom stereocenters. The van der Waals surface area contributed by atoms with Gasteiger partial charge in [-0.2, -0.15) is 0 Å². The Bertz CT molecular complexity index is 848.